The highest BCUT2D eigenvalue weighted by atomic mass is 35.5. The summed E-state index contributed by atoms with van der Waals surface area (Å²) < 4.78 is 2.05. The van der Waals surface area contributed by atoms with Gasteiger partial charge in [-0.25, -0.2) is 0 Å². The number of carbonyl (C=O) groups excluding carboxylic acids is 2. The molecular formula is C24H20ClN3O2S. The minimum atomic E-state index is -0.504. The molecule has 1 aliphatic rings. The fourth-order valence-electron chi connectivity index (χ4n) is 3.74. The van der Waals surface area contributed by atoms with Crippen LogP contribution in [0.3, 0.4) is 0 Å². The maximum atomic E-state index is 13.3. The number of nitrogens with one attached hydrogen (secondary N) is 1. The lowest BCUT2D eigenvalue weighted by atomic mass is 10.1. The molecule has 0 saturated carbocycles. The van der Waals surface area contributed by atoms with Crippen LogP contribution in [0.25, 0.3) is 11.8 Å². The number of carbonyl (C=O) groups is 2. The topological polar surface area (TPSA) is 54.3 Å². The molecule has 4 rings (SSSR count). The van der Waals surface area contributed by atoms with Crippen LogP contribution < -0.4 is 10.2 Å². The van der Waals surface area contributed by atoms with Gasteiger partial charge in [0.05, 0.1) is 5.69 Å². The molecule has 0 aliphatic carbocycles. The number of rotatable bonds is 3. The van der Waals surface area contributed by atoms with Crippen molar-refractivity contribution in [2.75, 3.05) is 4.90 Å². The van der Waals surface area contributed by atoms with Crippen molar-refractivity contribution in [3.8, 4) is 5.69 Å². The van der Waals surface area contributed by atoms with E-state index in [2.05, 4.69) is 9.88 Å². The summed E-state index contributed by atoms with van der Waals surface area (Å²) in [6.07, 6.45) is 1.62. The van der Waals surface area contributed by atoms with Crippen LogP contribution in [0.2, 0.25) is 5.02 Å². The Balaban J connectivity index is 1.76. The lowest BCUT2D eigenvalue weighted by Crippen LogP contribution is -2.54. The lowest BCUT2D eigenvalue weighted by Gasteiger charge is -2.29. The third-order valence-electron chi connectivity index (χ3n) is 5.22. The molecule has 0 atom stereocenters. The highest BCUT2D eigenvalue weighted by Gasteiger charge is 2.34. The molecular weight excluding hydrogens is 430 g/mol. The first-order chi connectivity index (χ1) is 14.8. The van der Waals surface area contributed by atoms with Crippen molar-refractivity contribution >= 4 is 52.5 Å². The summed E-state index contributed by atoms with van der Waals surface area (Å²) in [5.41, 5.74) is 5.25. The zero-order valence-corrected chi connectivity index (χ0v) is 18.8. The monoisotopic (exact) mass is 449 g/mol. The Morgan fingerprint density at radius 1 is 0.968 bits per heavy atom. The van der Waals surface area contributed by atoms with Crippen molar-refractivity contribution in [1.29, 1.82) is 0 Å². The van der Waals surface area contributed by atoms with Gasteiger partial charge in [0.15, 0.2) is 5.11 Å². The van der Waals surface area contributed by atoms with Gasteiger partial charge in [-0.3, -0.25) is 19.8 Å². The van der Waals surface area contributed by atoms with Crippen molar-refractivity contribution in [2.24, 2.45) is 0 Å². The van der Waals surface area contributed by atoms with E-state index in [1.165, 1.54) is 4.90 Å². The van der Waals surface area contributed by atoms with Gasteiger partial charge in [0.1, 0.15) is 5.57 Å². The van der Waals surface area contributed by atoms with Crippen LogP contribution in [0.4, 0.5) is 5.69 Å². The zero-order chi connectivity index (χ0) is 22.3. The molecule has 1 saturated heterocycles. The third-order valence-corrected chi connectivity index (χ3v) is 5.75. The second kappa shape index (κ2) is 8.13. The molecule has 1 N–H and O–H groups in total. The molecule has 1 aromatic heterocycles. The Labute approximate surface area is 190 Å². The summed E-state index contributed by atoms with van der Waals surface area (Å²) in [6.45, 7) is 5.85. The molecule has 0 bridgehead atoms. The Morgan fingerprint density at radius 2 is 1.68 bits per heavy atom. The molecule has 7 heteroatoms. The number of nitrogens with zero attached hydrogens (tertiary/aromatic N) is 2. The van der Waals surface area contributed by atoms with Crippen molar-refractivity contribution in [3.05, 3.63) is 87.7 Å². The number of amides is 2. The number of anilines is 1. The maximum absolute atomic E-state index is 13.3. The standard InChI is InChI=1S/C24H20ClN3O2S/c1-14-5-4-6-20(11-14)28-23(30)21(22(29)26-24(28)31)13-17-12-15(2)27(16(17)3)19-9-7-18(25)8-10-19/h4-13H,1-3H3,(H,26,29,31)/b21-13+. The molecule has 2 amide bonds. The predicted octanol–water partition coefficient (Wildman–Crippen LogP) is 4.89. The average Bonchev–Trinajstić information content (AvgIpc) is 2.99. The van der Waals surface area contributed by atoms with E-state index in [9.17, 15) is 9.59 Å². The summed E-state index contributed by atoms with van der Waals surface area (Å²) in [5, 5.41) is 3.37. The highest BCUT2D eigenvalue weighted by Crippen LogP contribution is 2.27. The Hall–Kier alpha value is -3.22. The fourth-order valence-corrected chi connectivity index (χ4v) is 4.14. The molecule has 156 valence electrons. The van der Waals surface area contributed by atoms with Gasteiger partial charge in [-0.2, -0.15) is 0 Å². The first kappa shape index (κ1) is 21.0. The number of aromatic nitrogens is 1. The molecule has 2 aromatic carbocycles. The Bertz CT molecular complexity index is 1260. The van der Waals surface area contributed by atoms with E-state index in [0.717, 1.165) is 28.2 Å². The molecule has 31 heavy (non-hydrogen) atoms. The molecule has 0 spiro atoms. The van der Waals surface area contributed by atoms with Crippen molar-refractivity contribution in [2.45, 2.75) is 20.8 Å². The van der Waals surface area contributed by atoms with Crippen LogP contribution in [0.1, 0.15) is 22.5 Å². The van der Waals surface area contributed by atoms with E-state index in [0.29, 0.717) is 10.7 Å². The zero-order valence-electron chi connectivity index (χ0n) is 17.3. The summed E-state index contributed by atoms with van der Waals surface area (Å²) in [6, 6.07) is 16.9. The van der Waals surface area contributed by atoms with E-state index in [-0.39, 0.29) is 10.7 Å². The molecule has 2 heterocycles. The van der Waals surface area contributed by atoms with E-state index < -0.39 is 11.8 Å². The van der Waals surface area contributed by atoms with E-state index in [1.54, 1.807) is 12.1 Å². The second-order valence-corrected chi connectivity index (χ2v) is 8.26. The first-order valence-electron chi connectivity index (χ1n) is 9.69. The smallest absolute Gasteiger partial charge is 0.270 e. The molecule has 3 aromatic rings. The van der Waals surface area contributed by atoms with Crippen molar-refractivity contribution in [3.63, 3.8) is 0 Å². The summed E-state index contributed by atoms with van der Waals surface area (Å²) in [4.78, 5) is 27.3. The molecule has 1 fully saturated rings. The number of benzene rings is 2. The quantitative estimate of drug-likeness (QED) is 0.352. The third kappa shape index (κ3) is 3.92. The summed E-state index contributed by atoms with van der Waals surface area (Å²) in [7, 11) is 0. The van der Waals surface area contributed by atoms with E-state index >= 15 is 0 Å². The van der Waals surface area contributed by atoms with Gasteiger partial charge in [0.25, 0.3) is 11.8 Å². The largest absolute Gasteiger partial charge is 0.318 e. The summed E-state index contributed by atoms with van der Waals surface area (Å²) >= 11 is 11.3. The number of hydrogen-bond acceptors (Lipinski definition) is 3. The summed E-state index contributed by atoms with van der Waals surface area (Å²) in [5.74, 6) is -0.953. The van der Waals surface area contributed by atoms with Crippen LogP contribution >= 0.6 is 23.8 Å². The molecule has 5 nitrogen and oxygen atoms in total. The molecule has 0 unspecified atom stereocenters. The SMILES string of the molecule is Cc1cccc(N2C(=O)/C(=C/c3cc(C)n(-c4ccc(Cl)cc4)c3C)C(=O)NC2=S)c1. The van der Waals surface area contributed by atoms with Crippen LogP contribution in [-0.2, 0) is 9.59 Å². The highest BCUT2D eigenvalue weighted by molar-refractivity contribution is 7.80. The van der Waals surface area contributed by atoms with Gasteiger partial charge in [0, 0.05) is 22.1 Å². The van der Waals surface area contributed by atoms with Gasteiger partial charge in [-0.05, 0) is 92.7 Å². The normalized spacial score (nSPS) is 15.5. The van der Waals surface area contributed by atoms with Crippen molar-refractivity contribution < 1.29 is 9.59 Å². The minimum Gasteiger partial charge on any atom is -0.318 e. The average molecular weight is 450 g/mol. The van der Waals surface area contributed by atoms with E-state index in [1.807, 2.05) is 69.3 Å². The number of thiocarbonyl (C=S) groups is 1. The number of aryl methyl sites for hydroxylation is 2. The second-order valence-electron chi connectivity index (χ2n) is 7.44. The van der Waals surface area contributed by atoms with Gasteiger partial charge in [0.2, 0.25) is 0 Å². The Kier molecular flexibility index (Phi) is 5.52. The predicted molar refractivity (Wildman–Crippen MR) is 128 cm³/mol. The molecule has 0 radical (unpaired) electrons. The van der Waals surface area contributed by atoms with Gasteiger partial charge in [-0.1, -0.05) is 23.7 Å². The van der Waals surface area contributed by atoms with Gasteiger partial charge in [-0.15, -0.1) is 0 Å². The Morgan fingerprint density at radius 3 is 2.35 bits per heavy atom. The van der Waals surface area contributed by atoms with Crippen LogP contribution in [0.15, 0.2) is 60.2 Å². The van der Waals surface area contributed by atoms with Crippen LogP contribution in [0, 0.1) is 20.8 Å². The van der Waals surface area contributed by atoms with E-state index in [4.69, 9.17) is 23.8 Å². The fraction of sp³-hybridized carbons (Fsp3) is 0.125. The lowest BCUT2D eigenvalue weighted by molar-refractivity contribution is -0.122. The van der Waals surface area contributed by atoms with Gasteiger partial charge < -0.3 is 4.57 Å². The van der Waals surface area contributed by atoms with Gasteiger partial charge >= 0.3 is 0 Å². The van der Waals surface area contributed by atoms with Crippen LogP contribution in [0.5, 0.6) is 0 Å². The number of halogens is 1. The first-order valence-corrected chi connectivity index (χ1v) is 10.5. The molecule has 1 aliphatic heterocycles. The minimum absolute atomic E-state index is 0.0338. The van der Waals surface area contributed by atoms with Crippen molar-refractivity contribution in [1.82, 2.24) is 9.88 Å². The number of hydrogen-bond donors (Lipinski definition) is 1. The van der Waals surface area contributed by atoms with Crippen LogP contribution in [-0.4, -0.2) is 21.5 Å². The maximum Gasteiger partial charge on any atom is 0.270 e.